The monoisotopic (exact) mass is 1190 g/mol. The second kappa shape index (κ2) is 30.3. The van der Waals surface area contributed by atoms with Crippen LogP contribution in [0.4, 0.5) is 0 Å². The van der Waals surface area contributed by atoms with Gasteiger partial charge in [-0.05, 0) is 145 Å². The Hall–Kier alpha value is -3.97. The fraction of sp³-hybridized carbons (Fsp3) is 0.794. The van der Waals surface area contributed by atoms with Gasteiger partial charge >= 0.3 is 17.9 Å². The summed E-state index contributed by atoms with van der Waals surface area (Å²) in [4.78, 5) is 73.6. The van der Waals surface area contributed by atoms with Crippen LogP contribution in [-0.4, -0.2) is 205 Å². The van der Waals surface area contributed by atoms with Crippen LogP contribution in [0.1, 0.15) is 150 Å². The lowest BCUT2D eigenvalue weighted by molar-refractivity contribution is -0.320. The number of likely N-dealkylation sites (tertiary alicyclic amines) is 1. The number of carbonyl (C=O) groups excluding carboxylic acids is 4. The van der Waals surface area contributed by atoms with Crippen LogP contribution in [0.25, 0.3) is 10.9 Å². The van der Waals surface area contributed by atoms with Crippen molar-refractivity contribution in [2.75, 3.05) is 67.6 Å². The van der Waals surface area contributed by atoms with Crippen LogP contribution in [0, 0.1) is 23.7 Å². The molecule has 84 heavy (non-hydrogen) atoms. The van der Waals surface area contributed by atoms with E-state index in [0.717, 1.165) is 37.0 Å². The summed E-state index contributed by atoms with van der Waals surface area (Å²) in [5.41, 5.74) is -3.14. The summed E-state index contributed by atoms with van der Waals surface area (Å²) in [6.07, 6.45) is -3.06. The maximum Gasteiger partial charge on any atom is 0.343 e. The number of nitrogens with zero attached hydrogens (tertiary/aromatic N) is 3. The SMILES string of the molecule is CC[C@@H]1OC(=O)[C@H](C)[C@H](O[C@@H]2C[C@](C)(OC)[C@H](OC(=O)CCNCCCc3ccc4c(c3)c(=O)c(C(=O)OCCN3CCCCC3)cn4CC)[C@H](C)O2)[C@@H](C)[C@H](O[C@@H]2O[C@H](C)C[C@H](N(C)C)[C@@H]2O)[C@](C)(OC)C[C@H](C)C(=O)[C@H](C)[C@@H](O)[C@]1(C)O. The van der Waals surface area contributed by atoms with Crippen molar-refractivity contribution in [2.45, 2.75) is 231 Å². The molecule has 0 radical (unpaired) electrons. The van der Waals surface area contributed by atoms with Gasteiger partial charge in [0.2, 0.25) is 5.43 Å². The molecule has 1 aromatic carbocycles. The highest BCUT2D eigenvalue weighted by molar-refractivity contribution is 5.94. The number of aliphatic hydroxyl groups excluding tert-OH is 2. The molecular weight excluding hydrogens is 1080 g/mol. The summed E-state index contributed by atoms with van der Waals surface area (Å²) in [6.45, 7) is 23.4. The van der Waals surface area contributed by atoms with E-state index in [2.05, 4.69) is 10.2 Å². The van der Waals surface area contributed by atoms with Crippen molar-refractivity contribution in [2.24, 2.45) is 23.7 Å². The molecular formula is C63H102N4O17. The largest absolute Gasteiger partial charge is 0.461 e. The third kappa shape index (κ3) is 16.4. The number of rotatable bonds is 21. The lowest BCUT2D eigenvalue weighted by Gasteiger charge is -2.50. The number of benzene rings is 1. The van der Waals surface area contributed by atoms with Gasteiger partial charge in [-0.25, -0.2) is 4.79 Å². The molecule has 476 valence electrons. The van der Waals surface area contributed by atoms with Gasteiger partial charge in [-0.15, -0.1) is 0 Å². The van der Waals surface area contributed by atoms with Gasteiger partial charge in [-0.3, -0.25) is 24.1 Å². The Labute approximate surface area is 498 Å². The van der Waals surface area contributed by atoms with Crippen LogP contribution < -0.4 is 10.7 Å². The Bertz CT molecular complexity index is 2560. The summed E-state index contributed by atoms with van der Waals surface area (Å²) >= 11 is 0. The average molecular weight is 1190 g/mol. The van der Waals surface area contributed by atoms with Crippen LogP contribution >= 0.6 is 0 Å². The molecule has 5 heterocycles. The summed E-state index contributed by atoms with van der Waals surface area (Å²) in [5.74, 6) is -5.90. The van der Waals surface area contributed by atoms with E-state index >= 15 is 0 Å². The van der Waals surface area contributed by atoms with Crippen LogP contribution in [-0.2, 0) is 70.0 Å². The predicted molar refractivity (Wildman–Crippen MR) is 315 cm³/mol. The average Bonchev–Trinajstić information content (AvgIpc) is 3.41. The van der Waals surface area contributed by atoms with Crippen molar-refractivity contribution in [3.63, 3.8) is 0 Å². The van der Waals surface area contributed by atoms with Gasteiger partial charge in [0.15, 0.2) is 18.7 Å². The minimum atomic E-state index is -2.03. The number of likely N-dealkylation sites (N-methyl/N-ethyl adjacent to an activating group) is 1. The molecule has 4 saturated heterocycles. The number of ketones is 1. The van der Waals surface area contributed by atoms with Crippen molar-refractivity contribution in [3.8, 4) is 0 Å². The van der Waals surface area contributed by atoms with Crippen molar-refractivity contribution in [3.05, 3.63) is 45.7 Å². The van der Waals surface area contributed by atoms with Gasteiger partial charge in [0.05, 0.1) is 54.0 Å². The molecule has 21 heteroatoms. The molecule has 4 fully saturated rings. The fourth-order valence-electron chi connectivity index (χ4n) is 13.3. The fourth-order valence-corrected chi connectivity index (χ4v) is 13.3. The number of carbonyl (C=O) groups is 4. The van der Waals surface area contributed by atoms with Crippen molar-refractivity contribution >= 4 is 34.6 Å². The molecule has 0 spiro atoms. The smallest absolute Gasteiger partial charge is 0.343 e. The van der Waals surface area contributed by atoms with Crippen LogP contribution in [0.2, 0.25) is 0 Å². The van der Waals surface area contributed by atoms with E-state index in [-0.39, 0.29) is 61.2 Å². The lowest BCUT2D eigenvalue weighted by Crippen LogP contribution is -2.61. The zero-order chi connectivity index (χ0) is 62.0. The molecule has 0 unspecified atom stereocenters. The molecule has 0 aliphatic carbocycles. The van der Waals surface area contributed by atoms with E-state index < -0.39 is 114 Å². The molecule has 4 N–H and O–H groups in total. The molecule has 0 amide bonds. The number of methoxy groups -OCH3 is 2. The van der Waals surface area contributed by atoms with E-state index in [1.807, 2.05) is 62.5 Å². The molecule has 4 aliphatic heterocycles. The number of cyclic esters (lactones) is 1. The van der Waals surface area contributed by atoms with Crippen LogP contribution in [0.5, 0.6) is 0 Å². The van der Waals surface area contributed by atoms with E-state index in [0.29, 0.717) is 50.8 Å². The third-order valence-corrected chi connectivity index (χ3v) is 18.6. The quantitative estimate of drug-likeness (QED) is 0.0676. The zero-order valence-electron chi connectivity index (χ0n) is 52.9. The van der Waals surface area contributed by atoms with E-state index in [4.69, 9.17) is 42.6 Å². The summed E-state index contributed by atoms with van der Waals surface area (Å²) < 4.78 is 59.0. The number of ether oxygens (including phenoxy) is 9. The van der Waals surface area contributed by atoms with Crippen LogP contribution in [0.3, 0.4) is 0 Å². The number of aromatic nitrogens is 1. The standard InChI is InChI=1S/C63H102N4O17/c1-16-48-63(11,75)55(72)39(5)51(69)37(3)34-61(9,76-14)56(84-60-53(71)47(65(12)13)32-38(4)79-60)40(6)54(41(7)58(73)81-48)83-50-35-62(10,77-15)57(42(8)80-50)82-49(68)25-27-64-26-21-22-43-23-24-46-44(33-43)52(70)45(36-67(46)17-2)59(74)78-31-30-66-28-19-18-20-29-66/h23-24,33,36-42,47-48,50,53-57,60,64,71-72,75H,16-22,25-32,34-35H2,1-15H3/t37-,38+,39-,40+,41+,42-,47-,48-,50+,53-,54+,55+,56-,57+,60-,61+,62-,63+/m0/s1. The Morgan fingerprint density at radius 3 is 2.19 bits per heavy atom. The summed E-state index contributed by atoms with van der Waals surface area (Å²) in [5, 5.41) is 39.2. The van der Waals surface area contributed by atoms with Gasteiger partial charge in [0, 0.05) is 75.7 Å². The highest BCUT2D eigenvalue weighted by Gasteiger charge is 2.55. The molecule has 6 rings (SSSR count). The number of piperidine rings is 1. The summed E-state index contributed by atoms with van der Waals surface area (Å²) in [6, 6.07) is 5.43. The van der Waals surface area contributed by atoms with Gasteiger partial charge in [-0.1, -0.05) is 40.2 Å². The van der Waals surface area contributed by atoms with Crippen LogP contribution in [0.15, 0.2) is 29.2 Å². The van der Waals surface area contributed by atoms with E-state index in [1.54, 1.807) is 54.7 Å². The van der Waals surface area contributed by atoms with Crippen molar-refractivity contribution < 1.29 is 77.1 Å². The number of pyridine rings is 1. The maximum atomic E-state index is 14.6. The number of aliphatic hydroxyl groups is 3. The first-order valence-electron chi connectivity index (χ1n) is 30.8. The zero-order valence-corrected chi connectivity index (χ0v) is 52.9. The number of hydrogen-bond acceptors (Lipinski definition) is 20. The van der Waals surface area contributed by atoms with E-state index in [9.17, 15) is 39.3 Å². The lowest BCUT2D eigenvalue weighted by atomic mass is 9.74. The molecule has 0 bridgehead atoms. The van der Waals surface area contributed by atoms with Crippen molar-refractivity contribution in [1.29, 1.82) is 0 Å². The molecule has 18 atom stereocenters. The number of aryl methyl sites for hydroxylation is 2. The number of Topliss-reactive ketones (excluding diaryl/α,β-unsaturated/α-hetero) is 1. The first-order valence-corrected chi connectivity index (χ1v) is 30.8. The van der Waals surface area contributed by atoms with Gasteiger partial charge < -0.3 is 72.7 Å². The predicted octanol–water partition coefficient (Wildman–Crippen LogP) is 5.58. The minimum absolute atomic E-state index is 0.0272. The van der Waals surface area contributed by atoms with Gasteiger partial charge in [0.25, 0.3) is 0 Å². The molecule has 0 saturated carbocycles. The highest BCUT2D eigenvalue weighted by Crippen LogP contribution is 2.42. The highest BCUT2D eigenvalue weighted by atomic mass is 16.7. The summed E-state index contributed by atoms with van der Waals surface area (Å²) in [7, 11) is 6.76. The Morgan fingerprint density at radius 2 is 1.55 bits per heavy atom. The second-order valence-electron chi connectivity index (χ2n) is 25.2. The Kier molecular flexibility index (Phi) is 24.9. The normalized spacial score (nSPS) is 36.1. The number of nitrogens with one attached hydrogen (secondary N) is 1. The maximum absolute atomic E-state index is 14.6. The number of esters is 3. The third-order valence-electron chi connectivity index (χ3n) is 18.6. The molecule has 2 aromatic rings. The Morgan fingerprint density at radius 1 is 0.869 bits per heavy atom. The van der Waals surface area contributed by atoms with Crippen molar-refractivity contribution in [1.82, 2.24) is 19.7 Å². The number of fused-ring (bicyclic) bond motifs is 1. The van der Waals surface area contributed by atoms with Gasteiger partial charge in [0.1, 0.15) is 41.4 Å². The topological polar surface area (TPSA) is 253 Å². The Balaban J connectivity index is 1.14. The van der Waals surface area contributed by atoms with E-state index in [1.165, 1.54) is 27.6 Å². The number of hydrogen-bond donors (Lipinski definition) is 4. The minimum Gasteiger partial charge on any atom is -0.461 e. The molecule has 1 aromatic heterocycles. The second-order valence-corrected chi connectivity index (χ2v) is 25.2. The van der Waals surface area contributed by atoms with Gasteiger partial charge in [-0.2, -0.15) is 0 Å². The first-order chi connectivity index (χ1) is 39.6. The first kappa shape index (κ1) is 69.1. The molecule has 4 aliphatic rings. The molecule has 21 nitrogen and oxygen atoms in total.